The molecule has 0 saturated carbocycles. The fourth-order valence-electron chi connectivity index (χ4n) is 4.02. The number of aromatic nitrogens is 1. The number of aryl methyl sites for hydroxylation is 1. The first-order valence-corrected chi connectivity index (χ1v) is 9.04. The van der Waals surface area contributed by atoms with Gasteiger partial charge in [0.1, 0.15) is 6.04 Å². The molecule has 4 rings (SSSR count). The largest absolute Gasteiger partial charge is 0.480 e. The van der Waals surface area contributed by atoms with Crippen molar-refractivity contribution >= 4 is 16.9 Å². The van der Waals surface area contributed by atoms with Crippen LogP contribution < -0.4 is 0 Å². The van der Waals surface area contributed by atoms with Crippen molar-refractivity contribution in [1.29, 1.82) is 0 Å². The quantitative estimate of drug-likeness (QED) is 0.770. The zero-order valence-corrected chi connectivity index (χ0v) is 14.8. The van der Waals surface area contributed by atoms with Crippen molar-refractivity contribution in [1.82, 2.24) is 9.88 Å². The van der Waals surface area contributed by atoms with Crippen LogP contribution in [0.25, 0.3) is 10.9 Å². The fraction of sp³-hybridized carbons (Fsp3) is 0.273. The monoisotopic (exact) mass is 346 g/mol. The molecule has 0 aliphatic carbocycles. The summed E-state index contributed by atoms with van der Waals surface area (Å²) in [5, 5.41) is 10.8. The Morgan fingerprint density at radius 2 is 1.92 bits per heavy atom. The molecule has 1 fully saturated rings. The van der Waals surface area contributed by atoms with E-state index in [1.165, 1.54) is 5.56 Å². The van der Waals surface area contributed by atoms with E-state index in [9.17, 15) is 9.90 Å². The molecule has 2 aromatic carbocycles. The second kappa shape index (κ2) is 6.89. The van der Waals surface area contributed by atoms with Gasteiger partial charge in [0.15, 0.2) is 0 Å². The van der Waals surface area contributed by atoms with Gasteiger partial charge >= 0.3 is 5.97 Å². The Labute approximate surface area is 153 Å². The van der Waals surface area contributed by atoms with Crippen molar-refractivity contribution in [2.45, 2.75) is 31.8 Å². The van der Waals surface area contributed by atoms with Crippen LogP contribution in [0.3, 0.4) is 0 Å². The minimum atomic E-state index is -0.738. The Balaban J connectivity index is 1.90. The lowest BCUT2D eigenvalue weighted by Gasteiger charge is -2.32. The first-order chi connectivity index (χ1) is 12.6. The highest BCUT2D eigenvalue weighted by atomic mass is 16.4. The number of carbonyl (C=O) groups is 1. The lowest BCUT2D eigenvalue weighted by Crippen LogP contribution is -2.39. The molecule has 2 atom stereocenters. The number of benzene rings is 2. The third-order valence-corrected chi connectivity index (χ3v) is 5.28. The second-order valence-electron chi connectivity index (χ2n) is 6.96. The molecule has 1 saturated heterocycles. The SMILES string of the molecule is Cc1ccc(C(c2ccnc3ccccc23)N2CCCC2C(=O)O)cc1. The molecule has 4 heteroatoms. The second-order valence-corrected chi connectivity index (χ2v) is 6.96. The summed E-state index contributed by atoms with van der Waals surface area (Å²) in [6, 6.07) is 18.0. The third-order valence-electron chi connectivity index (χ3n) is 5.28. The normalized spacial score (nSPS) is 18.9. The summed E-state index contributed by atoms with van der Waals surface area (Å²) in [6.45, 7) is 2.85. The molecule has 0 amide bonds. The molecule has 0 spiro atoms. The standard InChI is InChI=1S/C22H22N2O2/c1-15-8-10-16(11-9-15)21(24-14-4-7-20(24)22(25)26)18-12-13-23-19-6-3-2-5-17(18)19/h2-3,5-6,8-13,20-21H,4,7,14H2,1H3,(H,25,26). The van der Waals surface area contributed by atoms with Crippen LogP contribution in [0.2, 0.25) is 0 Å². The van der Waals surface area contributed by atoms with Crippen molar-refractivity contribution in [3.8, 4) is 0 Å². The molecule has 0 radical (unpaired) electrons. The molecule has 1 N–H and O–H groups in total. The molecule has 132 valence electrons. The average Bonchev–Trinajstić information content (AvgIpc) is 3.13. The minimum absolute atomic E-state index is 0.0906. The number of fused-ring (bicyclic) bond motifs is 1. The Hall–Kier alpha value is -2.72. The summed E-state index contributed by atoms with van der Waals surface area (Å²) in [4.78, 5) is 18.5. The van der Waals surface area contributed by atoms with E-state index in [-0.39, 0.29) is 6.04 Å². The van der Waals surface area contributed by atoms with Crippen LogP contribution in [-0.4, -0.2) is 33.5 Å². The molecule has 4 nitrogen and oxygen atoms in total. The number of pyridine rings is 1. The molecule has 26 heavy (non-hydrogen) atoms. The van der Waals surface area contributed by atoms with Gasteiger partial charge in [-0.25, -0.2) is 0 Å². The zero-order chi connectivity index (χ0) is 18.1. The molecule has 1 aliphatic heterocycles. The Morgan fingerprint density at radius 3 is 2.69 bits per heavy atom. The number of aliphatic carboxylic acids is 1. The summed E-state index contributed by atoms with van der Waals surface area (Å²) < 4.78 is 0. The number of hydrogen-bond donors (Lipinski definition) is 1. The first kappa shape index (κ1) is 16.7. The van der Waals surface area contributed by atoms with Crippen LogP contribution in [0.15, 0.2) is 60.8 Å². The van der Waals surface area contributed by atoms with Crippen molar-refractivity contribution < 1.29 is 9.90 Å². The minimum Gasteiger partial charge on any atom is -0.480 e. The van der Waals surface area contributed by atoms with E-state index in [2.05, 4.69) is 47.1 Å². The summed E-state index contributed by atoms with van der Waals surface area (Å²) in [7, 11) is 0. The highest BCUT2D eigenvalue weighted by Crippen LogP contribution is 2.37. The lowest BCUT2D eigenvalue weighted by molar-refractivity contribution is -0.142. The van der Waals surface area contributed by atoms with Gasteiger partial charge in [-0.3, -0.25) is 14.7 Å². The maximum Gasteiger partial charge on any atom is 0.320 e. The van der Waals surface area contributed by atoms with Gasteiger partial charge in [0.2, 0.25) is 0 Å². The number of likely N-dealkylation sites (tertiary alicyclic amines) is 1. The number of carboxylic acid groups (broad SMARTS) is 1. The molecular formula is C22H22N2O2. The number of rotatable bonds is 4. The molecule has 2 heterocycles. The molecule has 2 unspecified atom stereocenters. The smallest absolute Gasteiger partial charge is 0.320 e. The number of para-hydroxylation sites is 1. The average molecular weight is 346 g/mol. The summed E-state index contributed by atoms with van der Waals surface area (Å²) >= 11 is 0. The predicted molar refractivity (Wildman–Crippen MR) is 102 cm³/mol. The van der Waals surface area contributed by atoms with E-state index in [1.807, 2.05) is 30.5 Å². The molecule has 3 aromatic rings. The van der Waals surface area contributed by atoms with E-state index in [4.69, 9.17) is 0 Å². The Bertz CT molecular complexity index is 931. The van der Waals surface area contributed by atoms with Crippen LogP contribution >= 0.6 is 0 Å². The van der Waals surface area contributed by atoms with Crippen molar-refractivity contribution in [3.05, 3.63) is 77.5 Å². The van der Waals surface area contributed by atoms with Gasteiger partial charge in [-0.1, -0.05) is 48.0 Å². The van der Waals surface area contributed by atoms with Gasteiger partial charge in [-0.05, 0) is 43.0 Å². The van der Waals surface area contributed by atoms with Crippen LogP contribution in [0.4, 0.5) is 0 Å². The van der Waals surface area contributed by atoms with Crippen LogP contribution in [0, 0.1) is 6.92 Å². The molecular weight excluding hydrogens is 324 g/mol. The maximum atomic E-state index is 11.8. The topological polar surface area (TPSA) is 53.4 Å². The van der Waals surface area contributed by atoms with Crippen molar-refractivity contribution in [2.24, 2.45) is 0 Å². The van der Waals surface area contributed by atoms with E-state index < -0.39 is 12.0 Å². The van der Waals surface area contributed by atoms with Crippen LogP contribution in [0.5, 0.6) is 0 Å². The maximum absolute atomic E-state index is 11.8. The fourth-order valence-corrected chi connectivity index (χ4v) is 4.02. The summed E-state index contributed by atoms with van der Waals surface area (Å²) in [5.74, 6) is -0.738. The highest BCUT2D eigenvalue weighted by Gasteiger charge is 2.37. The molecule has 0 bridgehead atoms. The predicted octanol–water partition coefficient (Wildman–Crippen LogP) is 4.18. The first-order valence-electron chi connectivity index (χ1n) is 9.04. The van der Waals surface area contributed by atoms with Gasteiger partial charge < -0.3 is 5.11 Å². The van der Waals surface area contributed by atoms with Crippen LogP contribution in [-0.2, 0) is 4.79 Å². The Kier molecular flexibility index (Phi) is 4.43. The highest BCUT2D eigenvalue weighted by molar-refractivity contribution is 5.83. The van der Waals surface area contributed by atoms with Gasteiger partial charge in [0, 0.05) is 18.1 Å². The zero-order valence-electron chi connectivity index (χ0n) is 14.8. The van der Waals surface area contributed by atoms with Gasteiger partial charge in [0.05, 0.1) is 11.6 Å². The number of nitrogens with zero attached hydrogens (tertiary/aromatic N) is 2. The van der Waals surface area contributed by atoms with Crippen molar-refractivity contribution in [3.63, 3.8) is 0 Å². The van der Waals surface area contributed by atoms with Crippen LogP contribution in [0.1, 0.15) is 35.6 Å². The van der Waals surface area contributed by atoms with E-state index in [0.717, 1.165) is 35.0 Å². The molecule has 1 aromatic heterocycles. The van der Waals surface area contributed by atoms with Gasteiger partial charge in [0.25, 0.3) is 0 Å². The van der Waals surface area contributed by atoms with E-state index in [0.29, 0.717) is 6.42 Å². The van der Waals surface area contributed by atoms with E-state index >= 15 is 0 Å². The van der Waals surface area contributed by atoms with Gasteiger partial charge in [-0.15, -0.1) is 0 Å². The lowest BCUT2D eigenvalue weighted by atomic mass is 9.93. The summed E-state index contributed by atoms with van der Waals surface area (Å²) in [5.41, 5.74) is 4.38. The number of hydrogen-bond acceptors (Lipinski definition) is 3. The van der Waals surface area contributed by atoms with Gasteiger partial charge in [-0.2, -0.15) is 0 Å². The van der Waals surface area contributed by atoms with E-state index in [1.54, 1.807) is 0 Å². The molecule has 1 aliphatic rings. The summed E-state index contributed by atoms with van der Waals surface area (Å²) in [6.07, 6.45) is 3.42. The Morgan fingerprint density at radius 1 is 1.15 bits per heavy atom. The third kappa shape index (κ3) is 2.97. The van der Waals surface area contributed by atoms with Crippen molar-refractivity contribution in [2.75, 3.05) is 6.54 Å². The number of carboxylic acids is 1.